The predicted octanol–water partition coefficient (Wildman–Crippen LogP) is 4.38. The minimum atomic E-state index is -0.0899. The molecule has 8 heteroatoms. The van der Waals surface area contributed by atoms with Crippen molar-refractivity contribution in [3.05, 3.63) is 64.1 Å². The molecule has 4 aromatic rings. The quantitative estimate of drug-likeness (QED) is 0.333. The van der Waals surface area contributed by atoms with Gasteiger partial charge in [0.15, 0.2) is 5.16 Å². The van der Waals surface area contributed by atoms with Gasteiger partial charge >= 0.3 is 0 Å². The van der Waals surface area contributed by atoms with Crippen LogP contribution in [0.4, 0.5) is 0 Å². The number of thiophene rings is 1. The summed E-state index contributed by atoms with van der Waals surface area (Å²) in [5.74, 6) is 0.384. The van der Waals surface area contributed by atoms with Crippen LogP contribution in [0.15, 0.2) is 52.5 Å². The number of pyridine rings is 1. The molecular weight excluding hydrogens is 428 g/mol. The number of nitrogens with zero attached hydrogens (tertiary/aromatic N) is 3. The second kappa shape index (κ2) is 9.20. The number of benzene rings is 1. The Bertz CT molecular complexity index is 1290. The average molecular weight is 453 g/mol. The third-order valence-electron chi connectivity index (χ3n) is 4.81. The summed E-state index contributed by atoms with van der Waals surface area (Å²) >= 11 is 2.67. The third kappa shape index (κ3) is 4.80. The molecule has 160 valence electrons. The number of hydrogen-bond donors (Lipinski definition) is 1. The van der Waals surface area contributed by atoms with E-state index in [9.17, 15) is 9.59 Å². The highest BCUT2D eigenvalue weighted by molar-refractivity contribution is 7.99. The van der Waals surface area contributed by atoms with E-state index in [1.165, 1.54) is 28.7 Å². The lowest BCUT2D eigenvalue weighted by Crippen LogP contribution is -2.27. The molecular formula is C23H24N4O2S2. The number of rotatable bonds is 7. The fraction of sp³-hybridized carbons (Fsp3) is 0.304. The maximum absolute atomic E-state index is 13.2. The molecule has 4 rings (SSSR count). The minimum absolute atomic E-state index is 0.0655. The minimum Gasteiger partial charge on any atom is -0.351 e. The predicted molar refractivity (Wildman–Crippen MR) is 128 cm³/mol. The number of amides is 1. The standard InChI is InChI=1S/C23H24N4O2S2/c1-14(2)12-27-22(29)20-19(17-5-4-10-24-21(17)31-20)26-23(27)30-13-18(28)25-11-16-8-6-15(3)7-9-16/h4-10,14H,11-13H2,1-3H3,(H,25,28). The Labute approximate surface area is 188 Å². The van der Waals surface area contributed by atoms with Gasteiger partial charge in [-0.3, -0.25) is 14.2 Å². The Kier molecular flexibility index (Phi) is 6.38. The number of thioether (sulfide) groups is 1. The van der Waals surface area contributed by atoms with E-state index in [1.54, 1.807) is 10.8 Å². The van der Waals surface area contributed by atoms with Gasteiger partial charge in [-0.1, -0.05) is 55.4 Å². The average Bonchev–Trinajstić information content (AvgIpc) is 3.13. The molecule has 0 aliphatic rings. The Hall–Kier alpha value is -2.71. The highest BCUT2D eigenvalue weighted by Gasteiger charge is 2.18. The van der Waals surface area contributed by atoms with Gasteiger partial charge in [0.05, 0.1) is 11.3 Å². The van der Waals surface area contributed by atoms with Crippen molar-refractivity contribution >= 4 is 49.4 Å². The lowest BCUT2D eigenvalue weighted by Gasteiger charge is -2.14. The molecule has 1 aromatic carbocycles. The van der Waals surface area contributed by atoms with Crippen LogP contribution in [-0.4, -0.2) is 26.2 Å². The number of fused-ring (bicyclic) bond motifs is 3. The smallest absolute Gasteiger partial charge is 0.272 e. The van der Waals surface area contributed by atoms with Crippen LogP contribution in [0, 0.1) is 12.8 Å². The lowest BCUT2D eigenvalue weighted by molar-refractivity contribution is -0.118. The first kappa shape index (κ1) is 21.5. The van der Waals surface area contributed by atoms with E-state index < -0.39 is 0 Å². The number of carbonyl (C=O) groups is 1. The molecule has 0 aliphatic carbocycles. The summed E-state index contributed by atoms with van der Waals surface area (Å²) < 4.78 is 2.31. The maximum atomic E-state index is 13.2. The SMILES string of the molecule is Cc1ccc(CNC(=O)CSc2nc3c(sc4ncccc43)c(=O)n2CC(C)C)cc1. The van der Waals surface area contributed by atoms with E-state index >= 15 is 0 Å². The van der Waals surface area contributed by atoms with Gasteiger partial charge in [0.25, 0.3) is 5.56 Å². The zero-order chi connectivity index (χ0) is 22.0. The third-order valence-corrected chi connectivity index (χ3v) is 6.88. The largest absolute Gasteiger partial charge is 0.351 e. The molecule has 0 radical (unpaired) electrons. The van der Waals surface area contributed by atoms with Gasteiger partial charge in [0, 0.05) is 24.7 Å². The lowest BCUT2D eigenvalue weighted by atomic mass is 10.1. The Balaban J connectivity index is 1.57. The summed E-state index contributed by atoms with van der Waals surface area (Å²) in [7, 11) is 0. The van der Waals surface area contributed by atoms with Gasteiger partial charge in [0.1, 0.15) is 9.53 Å². The van der Waals surface area contributed by atoms with Gasteiger partial charge in [0.2, 0.25) is 5.91 Å². The zero-order valence-corrected chi connectivity index (χ0v) is 19.3. The number of aryl methyl sites for hydroxylation is 1. The van der Waals surface area contributed by atoms with Crippen molar-refractivity contribution in [1.82, 2.24) is 19.9 Å². The van der Waals surface area contributed by atoms with Crippen LogP contribution < -0.4 is 10.9 Å². The molecule has 6 nitrogen and oxygen atoms in total. The molecule has 0 atom stereocenters. The van der Waals surface area contributed by atoms with Crippen LogP contribution in [0.2, 0.25) is 0 Å². The highest BCUT2D eigenvalue weighted by Crippen LogP contribution is 2.30. The molecule has 1 amide bonds. The van der Waals surface area contributed by atoms with Gasteiger partial charge in [-0.05, 0) is 30.5 Å². The van der Waals surface area contributed by atoms with Gasteiger partial charge in [-0.2, -0.15) is 0 Å². The molecule has 0 bridgehead atoms. The summed E-state index contributed by atoms with van der Waals surface area (Å²) in [5.41, 5.74) is 2.84. The first-order chi connectivity index (χ1) is 14.9. The topological polar surface area (TPSA) is 76.9 Å². The summed E-state index contributed by atoms with van der Waals surface area (Å²) in [4.78, 5) is 35.6. The van der Waals surface area contributed by atoms with Crippen LogP contribution in [0.1, 0.15) is 25.0 Å². The van der Waals surface area contributed by atoms with Crippen molar-refractivity contribution < 1.29 is 4.79 Å². The number of aromatic nitrogens is 3. The summed E-state index contributed by atoms with van der Waals surface area (Å²) in [6, 6.07) is 11.9. The van der Waals surface area contributed by atoms with Crippen molar-refractivity contribution in [2.75, 3.05) is 5.75 Å². The van der Waals surface area contributed by atoms with Gasteiger partial charge in [-0.25, -0.2) is 9.97 Å². The molecule has 3 heterocycles. The molecule has 0 fully saturated rings. The van der Waals surface area contributed by atoms with Crippen molar-refractivity contribution in [2.24, 2.45) is 5.92 Å². The van der Waals surface area contributed by atoms with Crippen LogP contribution in [0.5, 0.6) is 0 Å². The first-order valence-corrected chi connectivity index (χ1v) is 12.0. The summed E-state index contributed by atoms with van der Waals surface area (Å²) in [5, 5.41) is 4.39. The zero-order valence-electron chi connectivity index (χ0n) is 17.7. The number of hydrogen-bond acceptors (Lipinski definition) is 6. The molecule has 0 saturated heterocycles. The van der Waals surface area contributed by atoms with E-state index in [2.05, 4.69) is 24.1 Å². The Morgan fingerprint density at radius 3 is 2.74 bits per heavy atom. The first-order valence-electron chi connectivity index (χ1n) is 10.2. The molecule has 0 spiro atoms. The van der Waals surface area contributed by atoms with E-state index in [4.69, 9.17) is 4.98 Å². The van der Waals surface area contributed by atoms with Gasteiger partial charge in [-0.15, -0.1) is 11.3 Å². The van der Waals surface area contributed by atoms with E-state index in [0.717, 1.165) is 15.8 Å². The molecule has 3 aromatic heterocycles. The Morgan fingerprint density at radius 2 is 2.00 bits per heavy atom. The van der Waals surface area contributed by atoms with Crippen LogP contribution in [0.25, 0.3) is 20.4 Å². The molecule has 0 saturated carbocycles. The molecule has 31 heavy (non-hydrogen) atoms. The molecule has 1 N–H and O–H groups in total. The maximum Gasteiger partial charge on any atom is 0.272 e. The Morgan fingerprint density at radius 1 is 1.23 bits per heavy atom. The van der Waals surface area contributed by atoms with Crippen molar-refractivity contribution in [1.29, 1.82) is 0 Å². The van der Waals surface area contributed by atoms with Crippen LogP contribution >= 0.6 is 23.1 Å². The summed E-state index contributed by atoms with van der Waals surface area (Å²) in [6.07, 6.45) is 1.72. The highest BCUT2D eigenvalue weighted by atomic mass is 32.2. The molecule has 0 unspecified atom stereocenters. The molecule has 0 aliphatic heterocycles. The normalized spacial score (nSPS) is 11.5. The fourth-order valence-corrected chi connectivity index (χ4v) is 5.13. The van der Waals surface area contributed by atoms with Crippen molar-refractivity contribution in [2.45, 2.75) is 39.0 Å². The fourth-order valence-electron chi connectivity index (χ4n) is 3.27. The number of nitrogens with one attached hydrogen (secondary N) is 1. The van der Waals surface area contributed by atoms with Crippen molar-refractivity contribution in [3.63, 3.8) is 0 Å². The van der Waals surface area contributed by atoms with E-state index in [-0.39, 0.29) is 23.1 Å². The second-order valence-corrected chi connectivity index (χ2v) is 9.83. The van der Waals surface area contributed by atoms with Gasteiger partial charge < -0.3 is 5.32 Å². The van der Waals surface area contributed by atoms with Crippen molar-refractivity contribution in [3.8, 4) is 0 Å². The summed E-state index contributed by atoms with van der Waals surface area (Å²) in [6.45, 7) is 7.19. The monoisotopic (exact) mass is 452 g/mol. The second-order valence-electron chi connectivity index (χ2n) is 7.89. The van der Waals surface area contributed by atoms with Crippen LogP contribution in [-0.2, 0) is 17.9 Å². The van der Waals surface area contributed by atoms with E-state index in [1.807, 2.05) is 43.3 Å². The number of carbonyl (C=O) groups excluding carboxylic acids is 1. The van der Waals surface area contributed by atoms with E-state index in [0.29, 0.717) is 28.5 Å². The van der Waals surface area contributed by atoms with Crippen LogP contribution in [0.3, 0.4) is 0 Å².